The summed E-state index contributed by atoms with van der Waals surface area (Å²) in [5.74, 6) is 1.01. The molecule has 0 saturated heterocycles. The molecule has 1 heterocycles. The Labute approximate surface area is 62.8 Å². The van der Waals surface area contributed by atoms with Gasteiger partial charge in [-0.3, -0.25) is 0 Å². The van der Waals surface area contributed by atoms with E-state index in [9.17, 15) is 0 Å². The van der Waals surface area contributed by atoms with Crippen molar-refractivity contribution < 1.29 is 0 Å². The van der Waals surface area contributed by atoms with Crippen LogP contribution in [0.2, 0.25) is 0 Å². The molecule has 0 bridgehead atoms. The number of nitrogens with zero attached hydrogens (tertiary/aromatic N) is 1. The number of aryl methyl sites for hydroxylation is 1. The summed E-state index contributed by atoms with van der Waals surface area (Å²) in [6.07, 6.45) is 2.90. The minimum Gasteiger partial charge on any atom is -0.345 e. The highest BCUT2D eigenvalue weighted by molar-refractivity contribution is 9.08. The molecule has 1 N–H and O–H groups in total. The number of halogens is 1. The van der Waals surface area contributed by atoms with E-state index in [0.717, 1.165) is 17.6 Å². The molecule has 9 heavy (non-hydrogen) atoms. The van der Waals surface area contributed by atoms with Crippen LogP contribution in [-0.4, -0.2) is 9.97 Å². The number of H-pyrrole nitrogens is 1. The molecular formula is C6H9BrN2. The Morgan fingerprint density at radius 1 is 1.78 bits per heavy atom. The number of hydrogen-bond acceptors (Lipinski definition) is 1. The van der Waals surface area contributed by atoms with Crippen molar-refractivity contribution in [3.05, 3.63) is 17.7 Å². The van der Waals surface area contributed by atoms with Gasteiger partial charge in [-0.2, -0.15) is 0 Å². The highest BCUT2D eigenvalue weighted by atomic mass is 79.9. The van der Waals surface area contributed by atoms with Crippen LogP contribution in [0.25, 0.3) is 0 Å². The second-order valence-electron chi connectivity index (χ2n) is 1.84. The summed E-state index contributed by atoms with van der Waals surface area (Å²) in [6.45, 7) is 2.10. The fourth-order valence-corrected chi connectivity index (χ4v) is 0.938. The zero-order valence-corrected chi connectivity index (χ0v) is 6.90. The van der Waals surface area contributed by atoms with E-state index < -0.39 is 0 Å². The van der Waals surface area contributed by atoms with Crippen LogP contribution in [0.1, 0.15) is 18.4 Å². The fraction of sp³-hybridized carbons (Fsp3) is 0.500. The first-order valence-corrected chi connectivity index (χ1v) is 4.07. The number of imidazole rings is 1. The lowest BCUT2D eigenvalue weighted by atomic mass is 10.4. The maximum Gasteiger partial charge on any atom is 0.116 e. The van der Waals surface area contributed by atoms with Crippen LogP contribution in [0.3, 0.4) is 0 Å². The largest absolute Gasteiger partial charge is 0.345 e. The molecule has 0 aliphatic carbocycles. The number of alkyl halides is 1. The summed E-state index contributed by atoms with van der Waals surface area (Å²) in [5, 5.41) is 0.812. The van der Waals surface area contributed by atoms with Crippen LogP contribution in [0.5, 0.6) is 0 Å². The molecule has 0 saturated carbocycles. The maximum absolute atomic E-state index is 4.10. The molecule has 0 aliphatic heterocycles. The molecule has 0 atom stereocenters. The Hall–Kier alpha value is -0.310. The van der Waals surface area contributed by atoms with E-state index in [2.05, 4.69) is 32.8 Å². The van der Waals surface area contributed by atoms with Crippen LogP contribution in [0.4, 0.5) is 0 Å². The summed E-state index contributed by atoms with van der Waals surface area (Å²) in [7, 11) is 0. The summed E-state index contributed by atoms with van der Waals surface area (Å²) in [6, 6.07) is 0. The monoisotopic (exact) mass is 188 g/mol. The number of nitrogens with one attached hydrogen (secondary N) is 1. The van der Waals surface area contributed by atoms with Crippen molar-refractivity contribution >= 4 is 15.9 Å². The minimum absolute atomic E-state index is 0.812. The Morgan fingerprint density at radius 2 is 2.56 bits per heavy atom. The molecule has 1 aromatic heterocycles. The predicted octanol–water partition coefficient (Wildman–Crippen LogP) is 1.87. The van der Waals surface area contributed by atoms with Crippen LogP contribution < -0.4 is 0 Å². The van der Waals surface area contributed by atoms with Crippen LogP contribution >= 0.6 is 15.9 Å². The van der Waals surface area contributed by atoms with Crippen molar-refractivity contribution in [1.82, 2.24) is 9.97 Å². The molecule has 0 unspecified atom stereocenters. The summed E-state index contributed by atoms with van der Waals surface area (Å²) in [5.41, 5.74) is 1.20. The first kappa shape index (κ1) is 6.81. The molecule has 0 radical (unpaired) electrons. The molecule has 3 heteroatoms. The van der Waals surface area contributed by atoms with Crippen molar-refractivity contribution in [2.75, 3.05) is 0 Å². The van der Waals surface area contributed by atoms with Gasteiger partial charge in [-0.15, -0.1) is 0 Å². The van der Waals surface area contributed by atoms with Crippen molar-refractivity contribution in [1.29, 1.82) is 0 Å². The quantitative estimate of drug-likeness (QED) is 0.706. The van der Waals surface area contributed by atoms with Gasteiger partial charge < -0.3 is 4.98 Å². The normalized spacial score (nSPS) is 10.0. The van der Waals surface area contributed by atoms with E-state index in [1.54, 1.807) is 0 Å². The lowest BCUT2D eigenvalue weighted by molar-refractivity contribution is 1.03. The van der Waals surface area contributed by atoms with E-state index in [0.29, 0.717) is 0 Å². The smallest absolute Gasteiger partial charge is 0.116 e. The van der Waals surface area contributed by atoms with Gasteiger partial charge in [0, 0.05) is 11.9 Å². The molecule has 0 amide bonds. The third-order valence-corrected chi connectivity index (χ3v) is 1.72. The van der Waals surface area contributed by atoms with E-state index in [-0.39, 0.29) is 0 Å². The molecule has 1 rings (SSSR count). The molecule has 0 spiro atoms. The van der Waals surface area contributed by atoms with Gasteiger partial charge in [-0.05, 0) is 6.42 Å². The molecule has 0 aromatic carbocycles. The maximum atomic E-state index is 4.10. The Morgan fingerprint density at radius 3 is 2.89 bits per heavy atom. The highest BCUT2D eigenvalue weighted by Crippen LogP contribution is 2.01. The number of aromatic nitrogens is 2. The standard InChI is InChI=1S/C6H9BrN2/c1-2-5-4-8-6(3-7)9-5/h4H,2-3H2,1H3,(H,8,9). The van der Waals surface area contributed by atoms with Gasteiger partial charge in [0.2, 0.25) is 0 Å². The third kappa shape index (κ3) is 1.55. The Balaban J connectivity index is 2.74. The van der Waals surface area contributed by atoms with Gasteiger partial charge in [-0.25, -0.2) is 4.98 Å². The number of aromatic amines is 1. The average Bonchev–Trinajstić information content (AvgIpc) is 2.34. The lowest BCUT2D eigenvalue weighted by Gasteiger charge is -1.84. The van der Waals surface area contributed by atoms with Crippen LogP contribution in [0.15, 0.2) is 6.20 Å². The van der Waals surface area contributed by atoms with E-state index in [4.69, 9.17) is 0 Å². The SMILES string of the molecule is CCc1cnc(CBr)[nH]1. The van der Waals surface area contributed by atoms with Crippen molar-refractivity contribution in [3.8, 4) is 0 Å². The van der Waals surface area contributed by atoms with Gasteiger partial charge in [-0.1, -0.05) is 22.9 Å². The topological polar surface area (TPSA) is 28.7 Å². The molecule has 0 aliphatic rings. The second kappa shape index (κ2) is 3.01. The molecule has 2 nitrogen and oxygen atoms in total. The van der Waals surface area contributed by atoms with E-state index in [1.807, 2.05) is 6.20 Å². The van der Waals surface area contributed by atoms with Crippen LogP contribution in [0, 0.1) is 0 Å². The zero-order chi connectivity index (χ0) is 6.69. The summed E-state index contributed by atoms with van der Waals surface area (Å²) >= 11 is 3.31. The zero-order valence-electron chi connectivity index (χ0n) is 5.32. The van der Waals surface area contributed by atoms with E-state index in [1.165, 1.54) is 5.69 Å². The molecular weight excluding hydrogens is 180 g/mol. The Kier molecular flexibility index (Phi) is 2.28. The molecule has 1 aromatic rings. The second-order valence-corrected chi connectivity index (χ2v) is 2.40. The van der Waals surface area contributed by atoms with Gasteiger partial charge >= 0.3 is 0 Å². The van der Waals surface area contributed by atoms with Crippen LogP contribution in [-0.2, 0) is 11.8 Å². The van der Waals surface area contributed by atoms with Gasteiger partial charge in [0.25, 0.3) is 0 Å². The minimum atomic E-state index is 0.812. The van der Waals surface area contributed by atoms with Gasteiger partial charge in [0.15, 0.2) is 0 Å². The van der Waals surface area contributed by atoms with E-state index >= 15 is 0 Å². The predicted molar refractivity (Wildman–Crippen MR) is 40.6 cm³/mol. The first-order valence-electron chi connectivity index (χ1n) is 2.95. The highest BCUT2D eigenvalue weighted by Gasteiger charge is 1.93. The fourth-order valence-electron chi connectivity index (χ4n) is 0.653. The third-order valence-electron chi connectivity index (χ3n) is 1.19. The molecule has 50 valence electrons. The van der Waals surface area contributed by atoms with Gasteiger partial charge in [0.1, 0.15) is 5.82 Å². The van der Waals surface area contributed by atoms with Crippen molar-refractivity contribution in [3.63, 3.8) is 0 Å². The average molecular weight is 189 g/mol. The van der Waals surface area contributed by atoms with Crippen molar-refractivity contribution in [2.24, 2.45) is 0 Å². The first-order chi connectivity index (χ1) is 4.36. The van der Waals surface area contributed by atoms with Crippen molar-refractivity contribution in [2.45, 2.75) is 18.7 Å². The molecule has 0 fully saturated rings. The summed E-state index contributed by atoms with van der Waals surface area (Å²) < 4.78 is 0. The Bertz CT molecular complexity index is 164. The lowest BCUT2D eigenvalue weighted by Crippen LogP contribution is -1.80. The summed E-state index contributed by atoms with van der Waals surface area (Å²) in [4.78, 5) is 7.26. The number of hydrogen-bond donors (Lipinski definition) is 1. The number of rotatable bonds is 2. The van der Waals surface area contributed by atoms with Gasteiger partial charge in [0.05, 0.1) is 5.33 Å².